The Morgan fingerprint density at radius 2 is 1.69 bits per heavy atom. The van der Waals surface area contributed by atoms with Crippen molar-refractivity contribution in [2.24, 2.45) is 11.8 Å². The molecule has 2 heterocycles. The quantitative estimate of drug-likeness (QED) is 0.503. The van der Waals surface area contributed by atoms with E-state index in [-0.39, 0.29) is 36.9 Å². The molecule has 36 heavy (non-hydrogen) atoms. The van der Waals surface area contributed by atoms with Crippen LogP contribution in [0.15, 0.2) is 30.3 Å². The van der Waals surface area contributed by atoms with Crippen molar-refractivity contribution in [1.82, 2.24) is 19.8 Å². The van der Waals surface area contributed by atoms with Crippen LogP contribution in [0, 0.1) is 11.8 Å². The van der Waals surface area contributed by atoms with E-state index in [0.717, 1.165) is 43.9 Å². The predicted octanol–water partition coefficient (Wildman–Crippen LogP) is 1.94. The van der Waals surface area contributed by atoms with Crippen LogP contribution < -0.4 is 10.6 Å². The second kappa shape index (κ2) is 10.8. The Hall–Kier alpha value is -2.66. The van der Waals surface area contributed by atoms with Gasteiger partial charge in [-0.15, -0.1) is 0 Å². The zero-order valence-electron chi connectivity index (χ0n) is 20.8. The average Bonchev–Trinajstić information content (AvgIpc) is 3.43. The minimum atomic E-state index is -3.61. The third kappa shape index (κ3) is 5.51. The Morgan fingerprint density at radius 3 is 2.31 bits per heavy atom. The minimum Gasteiger partial charge on any atom is -0.465 e. The number of nitrogens with zero attached hydrogens (tertiary/aromatic N) is 2. The first kappa shape index (κ1) is 26.4. The lowest BCUT2D eigenvalue weighted by atomic mass is 9.83. The number of sulfonamides is 1. The summed E-state index contributed by atoms with van der Waals surface area (Å²) in [6.45, 7) is 2.13. The van der Waals surface area contributed by atoms with Gasteiger partial charge in [0.15, 0.2) is 0 Å². The van der Waals surface area contributed by atoms with Crippen LogP contribution >= 0.6 is 0 Å². The Bertz CT molecular complexity index is 1080. The molecule has 2 aliphatic heterocycles. The van der Waals surface area contributed by atoms with Crippen molar-refractivity contribution in [2.45, 2.75) is 69.6 Å². The molecule has 2 saturated heterocycles. The third-order valence-electron chi connectivity index (χ3n) is 7.95. The molecule has 3 N–H and O–H groups in total. The number of hydrogen-bond acceptors (Lipinski definition) is 5. The van der Waals surface area contributed by atoms with E-state index < -0.39 is 40.2 Å². The lowest BCUT2D eigenvalue weighted by molar-refractivity contribution is -0.138. The molecular weight excluding hydrogens is 484 g/mol. The molecule has 198 valence electrons. The molecular formula is C25H36N4O6S. The second-order valence-corrected chi connectivity index (χ2v) is 12.2. The molecule has 1 saturated carbocycles. The summed E-state index contributed by atoms with van der Waals surface area (Å²) in [7, 11) is -3.61. The number of carbonyl (C=O) groups is 3. The van der Waals surface area contributed by atoms with Gasteiger partial charge in [0.1, 0.15) is 6.04 Å². The van der Waals surface area contributed by atoms with Gasteiger partial charge in [-0.05, 0) is 37.7 Å². The normalized spacial score (nSPS) is 26.7. The monoisotopic (exact) mass is 520 g/mol. The number of nitrogens with one attached hydrogen (secondary N) is 2. The van der Waals surface area contributed by atoms with Crippen LogP contribution in [0.25, 0.3) is 0 Å². The molecule has 5 unspecified atom stereocenters. The Kier molecular flexibility index (Phi) is 7.89. The van der Waals surface area contributed by atoms with Crippen molar-refractivity contribution in [2.75, 3.05) is 19.3 Å². The summed E-state index contributed by atoms with van der Waals surface area (Å²) in [4.78, 5) is 40.4. The largest absolute Gasteiger partial charge is 0.465 e. The Labute approximate surface area is 212 Å². The third-order valence-corrected chi connectivity index (χ3v) is 9.22. The molecule has 1 aromatic rings. The molecule has 1 aromatic carbocycles. The van der Waals surface area contributed by atoms with Crippen molar-refractivity contribution < 1.29 is 27.9 Å². The fraction of sp³-hybridized carbons (Fsp3) is 0.640. The smallest absolute Gasteiger partial charge is 0.405 e. The number of hydrogen-bond donors (Lipinski definition) is 3. The van der Waals surface area contributed by atoms with Crippen LogP contribution in [-0.4, -0.2) is 78.1 Å². The van der Waals surface area contributed by atoms with Gasteiger partial charge in [-0.2, -0.15) is 4.31 Å². The Balaban J connectivity index is 1.59. The zero-order chi connectivity index (χ0) is 26.0. The van der Waals surface area contributed by atoms with E-state index in [2.05, 4.69) is 10.6 Å². The molecule has 0 radical (unpaired) electrons. The number of likely N-dealkylation sites (tertiary alicyclic amines) is 1. The number of carboxylic acid groups (broad SMARTS) is 1. The summed E-state index contributed by atoms with van der Waals surface area (Å²) < 4.78 is 26.5. The topological polar surface area (TPSA) is 136 Å². The number of benzene rings is 1. The lowest BCUT2D eigenvalue weighted by Gasteiger charge is -2.35. The van der Waals surface area contributed by atoms with E-state index in [1.807, 2.05) is 37.3 Å². The first-order valence-electron chi connectivity index (χ1n) is 12.7. The van der Waals surface area contributed by atoms with E-state index in [0.29, 0.717) is 6.42 Å². The highest BCUT2D eigenvalue weighted by molar-refractivity contribution is 7.88. The first-order chi connectivity index (χ1) is 17.1. The summed E-state index contributed by atoms with van der Waals surface area (Å²) in [6, 6.07) is 7.12. The number of fused-ring (bicyclic) bond motifs is 1. The van der Waals surface area contributed by atoms with Crippen LogP contribution in [0.5, 0.6) is 0 Å². The lowest BCUT2D eigenvalue weighted by Crippen LogP contribution is -2.56. The maximum atomic E-state index is 13.8. The van der Waals surface area contributed by atoms with Gasteiger partial charge in [0.25, 0.3) is 0 Å². The van der Waals surface area contributed by atoms with Crippen LogP contribution in [0.4, 0.5) is 4.79 Å². The van der Waals surface area contributed by atoms with E-state index >= 15 is 0 Å². The SMILES string of the molecule is CC(NC(=O)C1CN(S(C)(=O)=O)C2CCN(C(=O)C(NC(=O)O)C3CCCCC3)C12)c1ccccc1. The number of carbonyl (C=O) groups excluding carboxylic acids is 2. The van der Waals surface area contributed by atoms with Crippen molar-refractivity contribution >= 4 is 27.9 Å². The maximum absolute atomic E-state index is 13.8. The molecule has 0 bridgehead atoms. The Morgan fingerprint density at radius 1 is 1.03 bits per heavy atom. The second-order valence-electron chi connectivity index (χ2n) is 10.3. The molecule has 3 amide bonds. The average molecular weight is 521 g/mol. The standard InChI is InChI=1S/C25H36N4O6S/c1-16(17-9-5-3-6-10-17)26-23(30)19-15-29(36(2,34)35)20-13-14-28(22(19)20)24(31)21(27-25(32)33)18-11-7-4-8-12-18/h3,5-6,9-10,16,18-22,27H,4,7-8,11-15H2,1-2H3,(H,26,30)(H,32,33). The molecule has 1 aliphatic carbocycles. The van der Waals surface area contributed by atoms with Crippen molar-refractivity contribution in [1.29, 1.82) is 0 Å². The highest BCUT2D eigenvalue weighted by Gasteiger charge is 2.56. The molecule has 5 atom stereocenters. The summed E-state index contributed by atoms with van der Waals surface area (Å²) in [6.07, 6.45) is 4.72. The zero-order valence-corrected chi connectivity index (χ0v) is 21.6. The molecule has 3 aliphatic rings. The molecule has 4 rings (SSSR count). The highest BCUT2D eigenvalue weighted by Crippen LogP contribution is 2.39. The summed E-state index contributed by atoms with van der Waals surface area (Å²) in [5.74, 6) is -1.54. The van der Waals surface area contributed by atoms with Crippen LogP contribution in [0.3, 0.4) is 0 Å². The highest BCUT2D eigenvalue weighted by atomic mass is 32.2. The maximum Gasteiger partial charge on any atom is 0.405 e. The summed E-state index contributed by atoms with van der Waals surface area (Å²) in [5, 5.41) is 14.9. The first-order valence-corrected chi connectivity index (χ1v) is 14.5. The molecule has 3 fully saturated rings. The van der Waals surface area contributed by atoms with E-state index in [1.54, 1.807) is 4.90 Å². The minimum absolute atomic E-state index is 0.00819. The van der Waals surface area contributed by atoms with Gasteiger partial charge in [-0.3, -0.25) is 9.59 Å². The van der Waals surface area contributed by atoms with Crippen molar-refractivity contribution in [3.05, 3.63) is 35.9 Å². The molecule has 10 nitrogen and oxygen atoms in total. The van der Waals surface area contributed by atoms with Gasteiger partial charge < -0.3 is 20.6 Å². The van der Waals surface area contributed by atoms with Gasteiger partial charge in [0.2, 0.25) is 21.8 Å². The van der Waals surface area contributed by atoms with Crippen LogP contribution in [-0.2, 0) is 19.6 Å². The molecule has 11 heteroatoms. The van der Waals surface area contributed by atoms with Crippen molar-refractivity contribution in [3.63, 3.8) is 0 Å². The predicted molar refractivity (Wildman–Crippen MR) is 133 cm³/mol. The van der Waals surface area contributed by atoms with Gasteiger partial charge in [-0.1, -0.05) is 49.6 Å². The van der Waals surface area contributed by atoms with Crippen LogP contribution in [0.1, 0.15) is 57.1 Å². The summed E-state index contributed by atoms with van der Waals surface area (Å²) >= 11 is 0. The fourth-order valence-electron chi connectivity index (χ4n) is 6.22. The van der Waals surface area contributed by atoms with Gasteiger partial charge >= 0.3 is 6.09 Å². The van der Waals surface area contributed by atoms with Gasteiger partial charge in [0, 0.05) is 19.1 Å². The van der Waals surface area contributed by atoms with Gasteiger partial charge in [0.05, 0.1) is 24.3 Å². The number of amides is 3. The summed E-state index contributed by atoms with van der Waals surface area (Å²) in [5.41, 5.74) is 0.919. The van der Waals surface area contributed by atoms with E-state index in [4.69, 9.17) is 0 Å². The van der Waals surface area contributed by atoms with Crippen LogP contribution in [0.2, 0.25) is 0 Å². The number of rotatable bonds is 7. The van der Waals surface area contributed by atoms with E-state index in [9.17, 15) is 27.9 Å². The van der Waals surface area contributed by atoms with Crippen molar-refractivity contribution in [3.8, 4) is 0 Å². The van der Waals surface area contributed by atoms with E-state index in [1.165, 1.54) is 4.31 Å². The molecule has 0 spiro atoms. The fourth-order valence-corrected chi connectivity index (χ4v) is 7.37. The van der Waals surface area contributed by atoms with Gasteiger partial charge in [-0.25, -0.2) is 13.2 Å². The molecule has 0 aromatic heterocycles.